The Labute approximate surface area is 129 Å². The van der Waals surface area contributed by atoms with Crippen LogP contribution in [-0.4, -0.2) is 23.8 Å². The number of benzene rings is 1. The van der Waals surface area contributed by atoms with Crippen LogP contribution >= 0.6 is 23.2 Å². The summed E-state index contributed by atoms with van der Waals surface area (Å²) < 4.78 is 0. The average Bonchev–Trinajstić information content (AvgIpc) is 2.32. The molecule has 0 radical (unpaired) electrons. The number of nitrogens with one attached hydrogen (secondary N) is 2. The van der Waals surface area contributed by atoms with Crippen LogP contribution in [0.25, 0.3) is 0 Å². The summed E-state index contributed by atoms with van der Waals surface area (Å²) in [6, 6.07) is 4.51. The largest absolute Gasteiger partial charge is 0.393 e. The molecule has 3 N–H and O–H groups in total. The second kappa shape index (κ2) is 7.16. The molecule has 0 saturated heterocycles. The predicted octanol–water partition coefficient (Wildman–Crippen LogP) is 3.91. The summed E-state index contributed by atoms with van der Waals surface area (Å²) in [4.78, 5) is 11.7. The van der Waals surface area contributed by atoms with Crippen LogP contribution in [0.1, 0.15) is 27.2 Å². The Kier molecular flexibility index (Phi) is 6.11. The zero-order valence-electron chi connectivity index (χ0n) is 11.8. The Morgan fingerprint density at radius 3 is 2.50 bits per heavy atom. The Morgan fingerprint density at radius 1 is 1.30 bits per heavy atom. The minimum Gasteiger partial charge on any atom is -0.393 e. The first-order chi connectivity index (χ1) is 9.20. The summed E-state index contributed by atoms with van der Waals surface area (Å²) >= 11 is 11.6. The standard InChI is InChI=1S/C14H20Cl2N2O2/c1-14(2,3)12(19)6-7-17-13(20)18-9-4-5-10(15)11(16)8-9/h4-5,8,12,19H,6-7H2,1-3H3,(H2,17,18,20)/t12-/m0/s1. The Morgan fingerprint density at radius 2 is 1.95 bits per heavy atom. The fraction of sp³-hybridized carbons (Fsp3) is 0.500. The molecular formula is C14H20Cl2N2O2. The molecule has 2 amide bonds. The Balaban J connectivity index is 2.39. The van der Waals surface area contributed by atoms with Gasteiger partial charge < -0.3 is 15.7 Å². The number of halogens is 2. The highest BCUT2D eigenvalue weighted by Gasteiger charge is 2.21. The van der Waals surface area contributed by atoms with Crippen molar-refractivity contribution in [2.45, 2.75) is 33.3 Å². The third-order valence-electron chi connectivity index (χ3n) is 2.88. The van der Waals surface area contributed by atoms with Gasteiger partial charge in [-0.05, 0) is 30.0 Å². The van der Waals surface area contributed by atoms with Crippen molar-refractivity contribution in [1.82, 2.24) is 5.32 Å². The van der Waals surface area contributed by atoms with Gasteiger partial charge in [-0.3, -0.25) is 0 Å². The van der Waals surface area contributed by atoms with Crippen molar-refractivity contribution >= 4 is 34.9 Å². The summed E-state index contributed by atoms with van der Waals surface area (Å²) in [5.74, 6) is 0. The maximum absolute atomic E-state index is 11.7. The molecule has 0 aliphatic heterocycles. The lowest BCUT2D eigenvalue weighted by Crippen LogP contribution is -2.34. The van der Waals surface area contributed by atoms with Gasteiger partial charge in [0.15, 0.2) is 0 Å². The van der Waals surface area contributed by atoms with E-state index in [1.807, 2.05) is 20.8 Å². The molecule has 0 fully saturated rings. The van der Waals surface area contributed by atoms with Crippen LogP contribution in [0.5, 0.6) is 0 Å². The van der Waals surface area contributed by atoms with Crippen molar-refractivity contribution in [3.8, 4) is 0 Å². The zero-order chi connectivity index (χ0) is 15.3. The van der Waals surface area contributed by atoms with E-state index in [9.17, 15) is 9.90 Å². The van der Waals surface area contributed by atoms with Crippen LogP contribution in [0.2, 0.25) is 10.0 Å². The molecule has 0 aliphatic rings. The maximum atomic E-state index is 11.7. The summed E-state index contributed by atoms with van der Waals surface area (Å²) in [7, 11) is 0. The monoisotopic (exact) mass is 318 g/mol. The highest BCUT2D eigenvalue weighted by atomic mass is 35.5. The number of rotatable bonds is 4. The number of anilines is 1. The number of amides is 2. The minimum absolute atomic E-state index is 0.193. The first-order valence-electron chi connectivity index (χ1n) is 6.38. The van der Waals surface area contributed by atoms with E-state index in [1.54, 1.807) is 18.2 Å². The molecule has 0 bridgehead atoms. The lowest BCUT2D eigenvalue weighted by Gasteiger charge is -2.25. The molecule has 1 aromatic carbocycles. The molecule has 0 heterocycles. The van der Waals surface area contributed by atoms with Gasteiger partial charge in [0.05, 0.1) is 16.1 Å². The molecule has 0 aliphatic carbocycles. The minimum atomic E-state index is -0.465. The lowest BCUT2D eigenvalue weighted by molar-refractivity contribution is 0.0565. The Hall–Kier alpha value is -0.970. The fourth-order valence-electron chi connectivity index (χ4n) is 1.50. The number of urea groups is 1. The lowest BCUT2D eigenvalue weighted by atomic mass is 9.87. The van der Waals surface area contributed by atoms with E-state index < -0.39 is 6.10 Å². The second-order valence-electron chi connectivity index (χ2n) is 5.68. The fourth-order valence-corrected chi connectivity index (χ4v) is 1.80. The number of aliphatic hydroxyl groups excluding tert-OH is 1. The van der Waals surface area contributed by atoms with Gasteiger partial charge >= 0.3 is 6.03 Å². The SMILES string of the molecule is CC(C)(C)[C@@H](O)CCNC(=O)Nc1ccc(Cl)c(Cl)c1. The van der Waals surface area contributed by atoms with Crippen molar-refractivity contribution in [2.75, 3.05) is 11.9 Å². The van der Waals surface area contributed by atoms with Crippen molar-refractivity contribution in [3.05, 3.63) is 28.2 Å². The third kappa shape index (κ3) is 5.57. The number of aliphatic hydroxyl groups is 1. The molecule has 20 heavy (non-hydrogen) atoms. The van der Waals surface area contributed by atoms with E-state index in [-0.39, 0.29) is 11.4 Å². The van der Waals surface area contributed by atoms with E-state index >= 15 is 0 Å². The van der Waals surface area contributed by atoms with Crippen LogP contribution in [0, 0.1) is 5.41 Å². The van der Waals surface area contributed by atoms with Crippen molar-refractivity contribution in [3.63, 3.8) is 0 Å². The molecule has 1 rings (SSSR count). The smallest absolute Gasteiger partial charge is 0.319 e. The van der Waals surface area contributed by atoms with Gasteiger partial charge in [0, 0.05) is 12.2 Å². The third-order valence-corrected chi connectivity index (χ3v) is 3.62. The molecule has 4 nitrogen and oxygen atoms in total. The molecule has 6 heteroatoms. The molecule has 0 aromatic heterocycles. The van der Waals surface area contributed by atoms with E-state index in [4.69, 9.17) is 23.2 Å². The summed E-state index contributed by atoms with van der Waals surface area (Å²) in [5.41, 5.74) is 0.371. The van der Waals surface area contributed by atoms with E-state index in [0.29, 0.717) is 28.7 Å². The van der Waals surface area contributed by atoms with Gasteiger partial charge in [0.25, 0.3) is 0 Å². The van der Waals surface area contributed by atoms with Crippen molar-refractivity contribution < 1.29 is 9.90 Å². The average molecular weight is 319 g/mol. The van der Waals surface area contributed by atoms with E-state index in [2.05, 4.69) is 10.6 Å². The van der Waals surface area contributed by atoms with Gasteiger partial charge in [-0.2, -0.15) is 0 Å². The second-order valence-corrected chi connectivity index (χ2v) is 6.49. The number of carbonyl (C=O) groups is 1. The number of carbonyl (C=O) groups excluding carboxylic acids is 1. The van der Waals surface area contributed by atoms with Crippen molar-refractivity contribution in [2.24, 2.45) is 5.41 Å². The first kappa shape index (κ1) is 17.1. The summed E-state index contributed by atoms with van der Waals surface area (Å²) in [5, 5.41) is 16.0. The maximum Gasteiger partial charge on any atom is 0.319 e. The summed E-state index contributed by atoms with van der Waals surface area (Å²) in [6.07, 6.45) is 0.0333. The summed E-state index contributed by atoms with van der Waals surface area (Å²) in [6.45, 7) is 6.25. The topological polar surface area (TPSA) is 61.4 Å². The molecule has 0 saturated carbocycles. The van der Waals surface area contributed by atoms with Gasteiger partial charge in [0.2, 0.25) is 0 Å². The van der Waals surface area contributed by atoms with E-state index in [0.717, 1.165) is 0 Å². The van der Waals surface area contributed by atoms with Crippen LogP contribution in [-0.2, 0) is 0 Å². The molecular weight excluding hydrogens is 299 g/mol. The first-order valence-corrected chi connectivity index (χ1v) is 7.13. The highest BCUT2D eigenvalue weighted by molar-refractivity contribution is 6.42. The predicted molar refractivity (Wildman–Crippen MR) is 83.6 cm³/mol. The number of hydrogen-bond donors (Lipinski definition) is 3. The van der Waals surface area contributed by atoms with Gasteiger partial charge in [-0.1, -0.05) is 44.0 Å². The van der Waals surface area contributed by atoms with Crippen molar-refractivity contribution in [1.29, 1.82) is 0 Å². The van der Waals surface area contributed by atoms with Gasteiger partial charge in [0.1, 0.15) is 0 Å². The Bertz CT molecular complexity index is 473. The molecule has 0 unspecified atom stereocenters. The zero-order valence-corrected chi connectivity index (χ0v) is 13.3. The molecule has 1 aromatic rings. The van der Waals surface area contributed by atoms with Crippen LogP contribution in [0.3, 0.4) is 0 Å². The normalized spacial score (nSPS) is 12.9. The number of hydrogen-bond acceptors (Lipinski definition) is 2. The highest BCUT2D eigenvalue weighted by Crippen LogP contribution is 2.25. The quantitative estimate of drug-likeness (QED) is 0.788. The molecule has 0 spiro atoms. The van der Waals surface area contributed by atoms with Crippen LogP contribution < -0.4 is 10.6 Å². The molecule has 112 valence electrons. The van der Waals surface area contributed by atoms with E-state index in [1.165, 1.54) is 0 Å². The van der Waals surface area contributed by atoms with Gasteiger partial charge in [-0.15, -0.1) is 0 Å². The van der Waals surface area contributed by atoms with Crippen LogP contribution in [0.4, 0.5) is 10.5 Å². The van der Waals surface area contributed by atoms with Crippen LogP contribution in [0.15, 0.2) is 18.2 Å². The molecule has 1 atom stereocenters. The van der Waals surface area contributed by atoms with Gasteiger partial charge in [-0.25, -0.2) is 4.79 Å².